The third kappa shape index (κ3) is 4.97. The molecule has 2 aliphatic rings. The first-order chi connectivity index (χ1) is 19.6. The highest BCUT2D eigenvalue weighted by Gasteiger charge is 2.39. The third-order valence-corrected chi connectivity index (χ3v) is 7.55. The predicted molar refractivity (Wildman–Crippen MR) is 154 cm³/mol. The summed E-state index contributed by atoms with van der Waals surface area (Å²) in [6.07, 6.45) is -0.741. The van der Waals surface area contributed by atoms with Crippen LogP contribution in [-0.2, 0) is 19.8 Å². The zero-order valence-electron chi connectivity index (χ0n) is 22.1. The van der Waals surface area contributed by atoms with E-state index in [0.717, 1.165) is 28.1 Å². The number of hydrogen-bond acceptors (Lipinski definition) is 5. The normalized spacial score (nSPS) is 17.6. The maximum Gasteiger partial charge on any atom is 0.414 e. The monoisotopic (exact) mass is 533 g/mol. The van der Waals surface area contributed by atoms with Gasteiger partial charge < -0.3 is 14.4 Å². The topological polar surface area (TPSA) is 71.1 Å². The summed E-state index contributed by atoms with van der Waals surface area (Å²) in [5, 5.41) is 3.81. The molecule has 202 valence electrons. The Bertz CT molecular complexity index is 1350. The summed E-state index contributed by atoms with van der Waals surface area (Å²) in [6, 6.07) is 38.5. The molecule has 0 saturated carbocycles. The number of nitrogens with one attached hydrogen (secondary N) is 1. The average molecular weight is 534 g/mol. The summed E-state index contributed by atoms with van der Waals surface area (Å²) in [5.41, 5.74) is 4.18. The minimum atomic E-state index is -0.643. The molecular formula is C33H31N3O4. The lowest BCUT2D eigenvalue weighted by molar-refractivity contribution is -0.125. The Morgan fingerprint density at radius 2 is 1.20 bits per heavy atom. The summed E-state index contributed by atoms with van der Waals surface area (Å²) in [6.45, 7) is 1.98. The van der Waals surface area contributed by atoms with Crippen molar-refractivity contribution >= 4 is 23.4 Å². The van der Waals surface area contributed by atoms with Gasteiger partial charge >= 0.3 is 6.09 Å². The number of anilines is 2. The molecule has 0 aromatic heterocycles. The molecule has 0 radical (unpaired) electrons. The maximum absolute atomic E-state index is 13.0. The fourth-order valence-corrected chi connectivity index (χ4v) is 5.58. The standard InChI is InChI=1S/C33H31N3O4/c37-31-24-39-21-20-35(31)28-16-18-29(19-17-28)36-23-30(40-32(36)38)22-34-33(25-10-4-1-5-11-25,26-12-6-2-7-13-26)27-14-8-3-9-15-27/h1-19,30,34H,20-24H2/t30-/m0/s1. The Balaban J connectivity index is 1.24. The van der Waals surface area contributed by atoms with Crippen LogP contribution in [0.2, 0.25) is 0 Å². The van der Waals surface area contributed by atoms with Crippen molar-refractivity contribution in [1.82, 2.24) is 5.32 Å². The minimum absolute atomic E-state index is 0.0653. The molecule has 0 aliphatic carbocycles. The second-order valence-electron chi connectivity index (χ2n) is 9.96. The SMILES string of the molecule is O=C1COCCN1c1ccc(N2C[C@H](CNC(c3ccccc3)(c3ccccc3)c3ccccc3)OC2=O)cc1. The van der Waals surface area contributed by atoms with Crippen LogP contribution in [0.1, 0.15) is 16.7 Å². The van der Waals surface area contributed by atoms with Crippen LogP contribution >= 0.6 is 0 Å². The molecular weight excluding hydrogens is 502 g/mol. The van der Waals surface area contributed by atoms with Crippen LogP contribution in [0.5, 0.6) is 0 Å². The van der Waals surface area contributed by atoms with Gasteiger partial charge in [-0.1, -0.05) is 91.0 Å². The molecule has 1 atom stereocenters. The summed E-state index contributed by atoms with van der Waals surface area (Å²) in [7, 11) is 0. The minimum Gasteiger partial charge on any atom is -0.443 e. The first-order valence-electron chi connectivity index (χ1n) is 13.5. The van der Waals surface area contributed by atoms with Gasteiger partial charge in [0, 0.05) is 24.5 Å². The average Bonchev–Trinajstić information content (AvgIpc) is 3.40. The Morgan fingerprint density at radius 1 is 0.700 bits per heavy atom. The molecule has 2 saturated heterocycles. The number of carbonyl (C=O) groups excluding carboxylic acids is 2. The van der Waals surface area contributed by atoms with Crippen molar-refractivity contribution in [2.75, 3.05) is 42.6 Å². The zero-order chi connectivity index (χ0) is 27.4. The van der Waals surface area contributed by atoms with E-state index >= 15 is 0 Å². The van der Waals surface area contributed by atoms with Gasteiger partial charge in [-0.2, -0.15) is 0 Å². The molecule has 7 heteroatoms. The Kier molecular flexibility index (Phi) is 7.31. The molecule has 1 N–H and O–H groups in total. The van der Waals surface area contributed by atoms with Gasteiger partial charge in [0.2, 0.25) is 0 Å². The van der Waals surface area contributed by atoms with E-state index in [4.69, 9.17) is 9.47 Å². The van der Waals surface area contributed by atoms with E-state index in [1.165, 1.54) is 0 Å². The number of carbonyl (C=O) groups is 2. The maximum atomic E-state index is 13.0. The third-order valence-electron chi connectivity index (χ3n) is 7.55. The van der Waals surface area contributed by atoms with Crippen LogP contribution in [-0.4, -0.2) is 51.0 Å². The highest BCUT2D eigenvalue weighted by molar-refractivity contribution is 5.95. The van der Waals surface area contributed by atoms with Gasteiger partial charge in [-0.05, 0) is 41.0 Å². The van der Waals surface area contributed by atoms with Crippen LogP contribution in [0.4, 0.5) is 16.2 Å². The van der Waals surface area contributed by atoms with Gasteiger partial charge in [0.15, 0.2) is 0 Å². The fourth-order valence-electron chi connectivity index (χ4n) is 5.58. The van der Waals surface area contributed by atoms with Crippen LogP contribution in [0.25, 0.3) is 0 Å². The van der Waals surface area contributed by atoms with Crippen LogP contribution in [0.15, 0.2) is 115 Å². The molecule has 2 heterocycles. The van der Waals surface area contributed by atoms with Crippen LogP contribution < -0.4 is 15.1 Å². The molecule has 6 rings (SSSR count). The van der Waals surface area contributed by atoms with Gasteiger partial charge in [-0.25, -0.2) is 4.79 Å². The van der Waals surface area contributed by atoms with Crippen molar-refractivity contribution in [2.24, 2.45) is 0 Å². The van der Waals surface area contributed by atoms with Crippen molar-refractivity contribution in [1.29, 1.82) is 0 Å². The molecule has 40 heavy (non-hydrogen) atoms. The molecule has 0 spiro atoms. The Morgan fingerprint density at radius 3 is 1.70 bits per heavy atom. The first kappa shape index (κ1) is 25.8. The highest BCUT2D eigenvalue weighted by Crippen LogP contribution is 2.37. The molecule has 7 nitrogen and oxygen atoms in total. The Labute approximate surface area is 233 Å². The number of hydrogen-bond donors (Lipinski definition) is 1. The van der Waals surface area contributed by atoms with Gasteiger partial charge in [0.1, 0.15) is 12.7 Å². The number of rotatable bonds is 8. The molecule has 0 unspecified atom stereocenters. The second-order valence-corrected chi connectivity index (χ2v) is 9.96. The summed E-state index contributed by atoms with van der Waals surface area (Å²) in [4.78, 5) is 28.5. The smallest absolute Gasteiger partial charge is 0.414 e. The van der Waals surface area contributed by atoms with E-state index in [1.54, 1.807) is 9.80 Å². The number of benzene rings is 4. The number of cyclic esters (lactones) is 1. The van der Waals surface area contributed by atoms with Gasteiger partial charge in [0.05, 0.1) is 18.7 Å². The first-order valence-corrected chi connectivity index (χ1v) is 13.5. The molecule has 4 aromatic carbocycles. The number of nitrogens with zero attached hydrogens (tertiary/aromatic N) is 2. The van der Waals surface area contributed by atoms with E-state index in [0.29, 0.717) is 26.2 Å². The molecule has 0 bridgehead atoms. The van der Waals surface area contributed by atoms with Crippen molar-refractivity contribution in [3.63, 3.8) is 0 Å². The van der Waals surface area contributed by atoms with Gasteiger partial charge in [0.25, 0.3) is 5.91 Å². The van der Waals surface area contributed by atoms with E-state index in [2.05, 4.69) is 41.7 Å². The van der Waals surface area contributed by atoms with Crippen molar-refractivity contribution in [2.45, 2.75) is 11.6 Å². The Hall–Kier alpha value is -4.46. The lowest BCUT2D eigenvalue weighted by Crippen LogP contribution is -2.48. The van der Waals surface area contributed by atoms with E-state index in [1.807, 2.05) is 78.9 Å². The summed E-state index contributed by atoms with van der Waals surface area (Å²) in [5.74, 6) is -0.0653. The summed E-state index contributed by atoms with van der Waals surface area (Å²) < 4.78 is 11.1. The second kappa shape index (κ2) is 11.3. The number of morpholine rings is 1. The van der Waals surface area contributed by atoms with E-state index in [-0.39, 0.29) is 24.7 Å². The van der Waals surface area contributed by atoms with Crippen molar-refractivity contribution < 1.29 is 19.1 Å². The highest BCUT2D eigenvalue weighted by atomic mass is 16.6. The van der Waals surface area contributed by atoms with E-state index < -0.39 is 5.54 Å². The fraction of sp³-hybridized carbons (Fsp3) is 0.212. The molecule has 4 aromatic rings. The lowest BCUT2D eigenvalue weighted by atomic mass is 9.77. The number of ether oxygens (including phenoxy) is 2. The van der Waals surface area contributed by atoms with Gasteiger partial charge in [-0.15, -0.1) is 0 Å². The van der Waals surface area contributed by atoms with Crippen molar-refractivity contribution in [3.05, 3.63) is 132 Å². The lowest BCUT2D eigenvalue weighted by Gasteiger charge is -2.37. The zero-order valence-corrected chi connectivity index (χ0v) is 22.1. The quantitative estimate of drug-likeness (QED) is 0.325. The van der Waals surface area contributed by atoms with Crippen LogP contribution in [0.3, 0.4) is 0 Å². The predicted octanol–water partition coefficient (Wildman–Crippen LogP) is 4.96. The van der Waals surface area contributed by atoms with Gasteiger partial charge in [-0.3, -0.25) is 15.0 Å². The molecule has 2 amide bonds. The van der Waals surface area contributed by atoms with E-state index in [9.17, 15) is 9.59 Å². The largest absolute Gasteiger partial charge is 0.443 e. The number of amides is 2. The summed E-state index contributed by atoms with van der Waals surface area (Å²) >= 11 is 0. The molecule has 2 aliphatic heterocycles. The van der Waals surface area contributed by atoms with Crippen molar-refractivity contribution in [3.8, 4) is 0 Å². The molecule has 2 fully saturated rings. The van der Waals surface area contributed by atoms with Crippen LogP contribution in [0, 0.1) is 0 Å².